The van der Waals surface area contributed by atoms with E-state index in [1.165, 1.54) is 7.11 Å². The Balaban J connectivity index is 2.28. The van der Waals surface area contributed by atoms with E-state index in [1.54, 1.807) is 0 Å². The summed E-state index contributed by atoms with van der Waals surface area (Å²) in [5.74, 6) is -0.313. The fourth-order valence-corrected chi connectivity index (χ4v) is 2.12. The van der Waals surface area contributed by atoms with Gasteiger partial charge in [0.25, 0.3) is 0 Å². The first-order valence-electron chi connectivity index (χ1n) is 5.56. The van der Waals surface area contributed by atoms with Gasteiger partial charge in [0.1, 0.15) is 0 Å². The molecule has 1 unspecified atom stereocenters. The van der Waals surface area contributed by atoms with Crippen molar-refractivity contribution < 1.29 is 14.3 Å². The molecule has 1 aromatic carbocycles. The number of carbonyl (C=O) groups is 1. The predicted molar refractivity (Wildman–Crippen MR) is 63.5 cm³/mol. The lowest BCUT2D eigenvalue weighted by atomic mass is 9.97. The van der Waals surface area contributed by atoms with Crippen LogP contribution in [0.4, 0.5) is 0 Å². The number of methoxy groups -OCH3 is 1. The van der Waals surface area contributed by atoms with Gasteiger partial charge in [-0.25, -0.2) is 0 Å². The molecule has 2 rings (SSSR count). The Labute approximate surface area is 104 Å². The van der Waals surface area contributed by atoms with E-state index in [-0.39, 0.29) is 25.0 Å². The molecule has 1 aliphatic rings. The molecule has 0 aromatic heterocycles. The van der Waals surface area contributed by atoms with Gasteiger partial charge in [0.2, 0.25) is 0 Å². The highest BCUT2D eigenvalue weighted by Gasteiger charge is 2.28. The standard InChI is InChI=1S/C12H13N3O3/c1-17-11(16)5-10-12-8(6-14-15-13)3-2-4-9(12)7-18-10/h2-4,10H,5-7H2,1H3. The van der Waals surface area contributed by atoms with Crippen LogP contribution >= 0.6 is 0 Å². The molecule has 0 fully saturated rings. The number of azide groups is 1. The molecule has 0 bridgehead atoms. The molecule has 0 spiro atoms. The Morgan fingerprint density at radius 1 is 1.67 bits per heavy atom. The molecular weight excluding hydrogens is 234 g/mol. The summed E-state index contributed by atoms with van der Waals surface area (Å²) >= 11 is 0. The third-order valence-electron chi connectivity index (χ3n) is 2.93. The van der Waals surface area contributed by atoms with Crippen LogP contribution in [0.15, 0.2) is 23.3 Å². The average Bonchev–Trinajstić information content (AvgIpc) is 2.80. The quantitative estimate of drug-likeness (QED) is 0.355. The Bertz CT molecular complexity index is 509. The SMILES string of the molecule is COC(=O)CC1OCc2cccc(CN=[N+]=[N-])c21. The van der Waals surface area contributed by atoms with Gasteiger partial charge in [-0.1, -0.05) is 23.3 Å². The second kappa shape index (κ2) is 5.53. The average molecular weight is 247 g/mol. The number of carbonyl (C=O) groups excluding carboxylic acids is 1. The second-order valence-corrected chi connectivity index (χ2v) is 3.96. The molecule has 0 aliphatic carbocycles. The highest BCUT2D eigenvalue weighted by atomic mass is 16.5. The van der Waals surface area contributed by atoms with Crippen LogP contribution in [0.5, 0.6) is 0 Å². The molecule has 1 heterocycles. The molecule has 0 saturated carbocycles. The maximum absolute atomic E-state index is 11.3. The van der Waals surface area contributed by atoms with Crippen molar-refractivity contribution >= 4 is 5.97 Å². The molecule has 6 nitrogen and oxygen atoms in total. The number of rotatable bonds is 4. The van der Waals surface area contributed by atoms with Gasteiger partial charge >= 0.3 is 5.97 Å². The maximum atomic E-state index is 11.3. The molecule has 0 amide bonds. The number of ether oxygens (including phenoxy) is 2. The van der Waals surface area contributed by atoms with Gasteiger partial charge in [-0.2, -0.15) is 0 Å². The highest BCUT2D eigenvalue weighted by molar-refractivity contribution is 5.70. The van der Waals surface area contributed by atoms with Crippen LogP contribution in [0.1, 0.15) is 29.2 Å². The summed E-state index contributed by atoms with van der Waals surface area (Å²) in [7, 11) is 1.35. The van der Waals surface area contributed by atoms with Crippen LogP contribution in [-0.2, 0) is 27.4 Å². The summed E-state index contributed by atoms with van der Waals surface area (Å²) in [6.07, 6.45) is -0.130. The zero-order chi connectivity index (χ0) is 13.0. The van der Waals surface area contributed by atoms with Gasteiger partial charge in [-0.05, 0) is 22.2 Å². The summed E-state index contributed by atoms with van der Waals surface area (Å²) in [4.78, 5) is 14.1. The predicted octanol–water partition coefficient (Wildman–Crippen LogP) is 2.63. The van der Waals surface area contributed by atoms with Gasteiger partial charge < -0.3 is 9.47 Å². The largest absolute Gasteiger partial charge is 0.469 e. The third-order valence-corrected chi connectivity index (χ3v) is 2.93. The molecule has 6 heteroatoms. The Kier molecular flexibility index (Phi) is 3.82. The lowest BCUT2D eigenvalue weighted by molar-refractivity contribution is -0.143. The van der Waals surface area contributed by atoms with Crippen LogP contribution in [0.3, 0.4) is 0 Å². The molecule has 94 valence electrons. The van der Waals surface area contributed by atoms with Crippen LogP contribution in [0.25, 0.3) is 10.4 Å². The first-order valence-corrected chi connectivity index (χ1v) is 5.56. The van der Waals surface area contributed by atoms with Crippen molar-refractivity contribution in [3.8, 4) is 0 Å². The van der Waals surface area contributed by atoms with Crippen molar-refractivity contribution in [3.63, 3.8) is 0 Å². The van der Waals surface area contributed by atoms with Gasteiger partial charge in [0.05, 0.1) is 32.8 Å². The van der Waals surface area contributed by atoms with Gasteiger partial charge in [0.15, 0.2) is 0 Å². The minimum Gasteiger partial charge on any atom is -0.469 e. The van der Waals surface area contributed by atoms with E-state index in [1.807, 2.05) is 18.2 Å². The van der Waals surface area contributed by atoms with Gasteiger partial charge in [-0.15, -0.1) is 0 Å². The lowest BCUT2D eigenvalue weighted by Gasteiger charge is -2.12. The summed E-state index contributed by atoms with van der Waals surface area (Å²) in [6.45, 7) is 0.738. The molecule has 0 radical (unpaired) electrons. The number of hydrogen-bond donors (Lipinski definition) is 0. The van der Waals surface area contributed by atoms with Gasteiger partial charge in [-0.3, -0.25) is 4.79 Å². The number of benzene rings is 1. The van der Waals surface area contributed by atoms with Crippen LogP contribution in [0, 0.1) is 0 Å². The van der Waals surface area contributed by atoms with Crippen molar-refractivity contribution in [3.05, 3.63) is 45.3 Å². The molecule has 1 atom stereocenters. The third kappa shape index (κ3) is 2.45. The van der Waals surface area contributed by atoms with Crippen LogP contribution in [-0.4, -0.2) is 13.1 Å². The van der Waals surface area contributed by atoms with E-state index in [2.05, 4.69) is 14.8 Å². The van der Waals surface area contributed by atoms with E-state index >= 15 is 0 Å². The molecule has 0 N–H and O–H groups in total. The summed E-state index contributed by atoms with van der Waals surface area (Å²) in [6, 6.07) is 5.73. The van der Waals surface area contributed by atoms with E-state index in [9.17, 15) is 4.79 Å². The minimum absolute atomic E-state index is 0.177. The van der Waals surface area contributed by atoms with E-state index in [4.69, 9.17) is 10.3 Å². The van der Waals surface area contributed by atoms with Crippen molar-refractivity contribution in [2.45, 2.75) is 25.7 Å². The fourth-order valence-electron chi connectivity index (χ4n) is 2.12. The van der Waals surface area contributed by atoms with Gasteiger partial charge in [0, 0.05) is 4.91 Å². The minimum atomic E-state index is -0.313. The highest BCUT2D eigenvalue weighted by Crippen LogP contribution is 2.36. The van der Waals surface area contributed by atoms with Crippen molar-refractivity contribution in [2.24, 2.45) is 5.11 Å². The number of nitrogens with zero attached hydrogens (tertiary/aromatic N) is 3. The number of hydrogen-bond acceptors (Lipinski definition) is 4. The Hall–Kier alpha value is -2.04. The molecule has 0 saturated heterocycles. The zero-order valence-corrected chi connectivity index (χ0v) is 10.00. The van der Waals surface area contributed by atoms with Crippen molar-refractivity contribution in [2.75, 3.05) is 7.11 Å². The summed E-state index contributed by atoms with van der Waals surface area (Å²) in [5, 5.41) is 3.56. The fraction of sp³-hybridized carbons (Fsp3) is 0.417. The molecular formula is C12H13N3O3. The maximum Gasteiger partial charge on any atom is 0.308 e. The van der Waals surface area contributed by atoms with E-state index in [0.29, 0.717) is 6.61 Å². The Morgan fingerprint density at radius 2 is 2.50 bits per heavy atom. The number of fused-ring (bicyclic) bond motifs is 1. The number of esters is 1. The first kappa shape index (κ1) is 12.4. The van der Waals surface area contributed by atoms with E-state index < -0.39 is 0 Å². The van der Waals surface area contributed by atoms with Crippen molar-refractivity contribution in [1.82, 2.24) is 0 Å². The smallest absolute Gasteiger partial charge is 0.308 e. The normalized spacial score (nSPS) is 16.8. The topological polar surface area (TPSA) is 84.3 Å². The second-order valence-electron chi connectivity index (χ2n) is 3.96. The summed E-state index contributed by atoms with van der Waals surface area (Å²) < 4.78 is 10.2. The first-order chi connectivity index (χ1) is 8.76. The van der Waals surface area contributed by atoms with Crippen LogP contribution in [0.2, 0.25) is 0 Å². The molecule has 18 heavy (non-hydrogen) atoms. The van der Waals surface area contributed by atoms with Crippen molar-refractivity contribution in [1.29, 1.82) is 0 Å². The van der Waals surface area contributed by atoms with E-state index in [0.717, 1.165) is 16.7 Å². The molecule has 1 aliphatic heterocycles. The monoisotopic (exact) mass is 247 g/mol. The Morgan fingerprint density at radius 3 is 3.22 bits per heavy atom. The summed E-state index contributed by atoms with van der Waals surface area (Å²) in [5.41, 5.74) is 11.3. The lowest BCUT2D eigenvalue weighted by Crippen LogP contribution is -2.09. The van der Waals surface area contributed by atoms with Crippen LogP contribution < -0.4 is 0 Å². The molecule has 1 aromatic rings. The zero-order valence-electron chi connectivity index (χ0n) is 10.00.